The molecule has 0 bridgehead atoms. The van der Waals surface area contributed by atoms with E-state index in [0.29, 0.717) is 38.5 Å². The Bertz CT molecular complexity index is 3330. The Labute approximate surface area is 618 Å². The number of ether oxygens (including phenoxy) is 4. The molecule has 0 aliphatic carbocycles. The Morgan fingerprint density at radius 2 is 0.345 bits per heavy atom. The van der Waals surface area contributed by atoms with Gasteiger partial charge in [0.25, 0.3) is 0 Å². The van der Waals surface area contributed by atoms with Crippen LogP contribution in [-0.4, -0.2) is 156 Å². The summed E-state index contributed by atoms with van der Waals surface area (Å²) in [6, 6.07) is -1.31. The Kier molecular flexibility index (Phi) is 31.9. The Morgan fingerprint density at radius 3 is 0.526 bits per heavy atom. The van der Waals surface area contributed by atoms with Crippen molar-refractivity contribution in [3.05, 3.63) is 47.5 Å². The lowest BCUT2D eigenvalue weighted by Crippen LogP contribution is -2.78. The third kappa shape index (κ3) is 18.6. The molecule has 0 aromatic heterocycles. The van der Waals surface area contributed by atoms with Gasteiger partial charge in [0, 0.05) is 23.3 Å². The Hall–Kier alpha value is -6.30. The van der Waals surface area contributed by atoms with Gasteiger partial charge in [-0.3, -0.25) is 0 Å². The molecule has 0 saturated carbocycles. The van der Waals surface area contributed by atoms with Crippen molar-refractivity contribution in [2.75, 3.05) is 13.2 Å². The molecule has 0 saturated heterocycles. The summed E-state index contributed by atoms with van der Waals surface area (Å²) < 4.78 is 730. The molecule has 678 valence electrons. The van der Waals surface area contributed by atoms with Crippen LogP contribution < -0.4 is 18.9 Å². The number of hydrogen-bond donors (Lipinski definition) is 0. The first-order valence-electron chi connectivity index (χ1n) is 32.4. The molecule has 116 heavy (non-hydrogen) atoms. The van der Waals surface area contributed by atoms with E-state index in [1.54, 1.807) is 0 Å². The van der Waals surface area contributed by atoms with Crippen LogP contribution in [-0.2, 0) is 0 Å². The molecule has 4 nitrogen and oxygen atoms in total. The zero-order valence-corrected chi connectivity index (χ0v) is 57.6. The van der Waals surface area contributed by atoms with Crippen LogP contribution in [0.15, 0.2) is 36.4 Å². The van der Waals surface area contributed by atoms with E-state index in [2.05, 4.69) is 9.47 Å². The van der Waals surface area contributed by atoms with Gasteiger partial charge in [-0.05, 0) is 37.1 Å². The highest BCUT2D eigenvalue weighted by Crippen LogP contribution is 2.71. The summed E-state index contributed by atoms with van der Waals surface area (Å²) in [6.07, 6.45) is -23.1. The zero-order valence-electron chi connectivity index (χ0n) is 57.6. The Morgan fingerprint density at radius 1 is 0.190 bits per heavy atom. The van der Waals surface area contributed by atoms with E-state index in [1.807, 2.05) is 13.8 Å². The van der Waals surface area contributed by atoms with Crippen molar-refractivity contribution < 1.29 is 238 Å². The third-order valence-corrected chi connectivity index (χ3v) is 16.7. The van der Waals surface area contributed by atoms with Crippen molar-refractivity contribution in [2.45, 2.75) is 285 Å². The molecule has 0 aliphatic heterocycles. The van der Waals surface area contributed by atoms with Crippen molar-refractivity contribution in [2.24, 2.45) is 0 Å². The third-order valence-electron chi connectivity index (χ3n) is 16.7. The lowest BCUT2D eigenvalue weighted by molar-refractivity contribution is -0.486. The molecular formula is C62H56F50O4. The zero-order chi connectivity index (χ0) is 91.5. The van der Waals surface area contributed by atoms with Crippen LogP contribution in [0.1, 0.15) is 153 Å². The van der Waals surface area contributed by atoms with E-state index in [4.69, 9.17) is 9.47 Å². The number of unbranched alkanes of at least 4 members (excludes halogenated alkanes) is 18. The average Bonchev–Trinajstić information content (AvgIpc) is 0.685. The second-order valence-electron chi connectivity index (χ2n) is 25.4. The summed E-state index contributed by atoms with van der Waals surface area (Å²) in [6.45, 7) is 2.05. The molecule has 2 aromatic rings. The maximum absolute atomic E-state index is 15.4. The molecule has 0 spiro atoms. The average molecular weight is 1820 g/mol. The van der Waals surface area contributed by atoms with Crippen LogP contribution >= 0.6 is 0 Å². The number of rotatable bonds is 48. The van der Waals surface area contributed by atoms with Gasteiger partial charge < -0.3 is 18.9 Å². The van der Waals surface area contributed by atoms with E-state index in [9.17, 15) is 167 Å². The minimum absolute atomic E-state index is 0.0553. The van der Waals surface area contributed by atoms with Crippen LogP contribution in [0.25, 0.3) is 0 Å². The topological polar surface area (TPSA) is 36.9 Å². The second-order valence-corrected chi connectivity index (χ2v) is 25.4. The molecular weight excluding hydrogens is 1760 g/mol. The van der Waals surface area contributed by atoms with Crippen LogP contribution in [0.5, 0.6) is 23.0 Å². The van der Waals surface area contributed by atoms with Crippen LogP contribution in [0, 0.1) is 11.8 Å². The summed E-state index contributed by atoms with van der Waals surface area (Å²) >= 11 is 0. The summed E-state index contributed by atoms with van der Waals surface area (Å²) in [7, 11) is 0. The fourth-order valence-corrected chi connectivity index (χ4v) is 9.58. The Balaban J connectivity index is 3.04. The molecule has 54 heteroatoms. The molecule has 0 atom stereocenters. The molecule has 2 aromatic carbocycles. The van der Waals surface area contributed by atoms with Crippen molar-refractivity contribution >= 4 is 0 Å². The van der Waals surface area contributed by atoms with E-state index in [1.165, 1.54) is 11.8 Å². The predicted octanol–water partition coefficient (Wildman–Crippen LogP) is 27.5. The molecule has 0 amide bonds. The standard InChI is InChI=1S/C62H56F50O4/c1-3-5-7-9-11-13-15-17-19-21-25-113-35-27-33(29-37(31-35)115-61(109,110)57(99,100)53(91,92)49(83,84)45(75,76)41(67,68)39(63,64)43(71,72)47(79,80)51(87,88)55(95,96)59(103,104)105)23-24-34-28-36(114-26-22-20-18-16-14-12-10-8-6-4-2)32-38(30-34)116-62(111,112)58(101,102)54(93,94)50(85,86)46(77,78)42(69,70)40(65,66)44(73,74)48(81,82)52(89,90)56(97,98)60(106,107)108/h27-32H,3-22,25-26H2,1-2H3. The van der Waals surface area contributed by atoms with E-state index < -0.39 is 202 Å². The van der Waals surface area contributed by atoms with Crippen molar-refractivity contribution in [1.29, 1.82) is 0 Å². The fraction of sp³-hybridized carbons (Fsp3) is 0.774. The number of halogens is 50. The summed E-state index contributed by atoms with van der Waals surface area (Å²) in [4.78, 5) is 0. The summed E-state index contributed by atoms with van der Waals surface area (Å²) in [5.41, 5.74) is -3.01. The van der Waals surface area contributed by atoms with Crippen LogP contribution in [0.3, 0.4) is 0 Å². The smallest absolute Gasteiger partial charge is 0.471 e. The molecule has 2 rings (SSSR count). The van der Waals surface area contributed by atoms with Crippen molar-refractivity contribution in [3.8, 4) is 34.8 Å². The lowest BCUT2D eigenvalue weighted by Gasteiger charge is -2.45. The molecule has 0 N–H and O–H groups in total. The van der Waals surface area contributed by atoms with E-state index in [0.717, 1.165) is 51.4 Å². The maximum Gasteiger partial charge on any atom is 0.471 e. The first-order valence-corrected chi connectivity index (χ1v) is 32.4. The summed E-state index contributed by atoms with van der Waals surface area (Å²) in [5.74, 6) is -197. The van der Waals surface area contributed by atoms with Crippen LogP contribution in [0.2, 0.25) is 0 Å². The largest absolute Gasteiger partial charge is 0.493 e. The molecule has 0 radical (unpaired) electrons. The summed E-state index contributed by atoms with van der Waals surface area (Å²) in [5, 5.41) is 0. The molecule has 0 fully saturated rings. The lowest BCUT2D eigenvalue weighted by atomic mass is 9.85. The van der Waals surface area contributed by atoms with Gasteiger partial charge in [0.1, 0.15) is 23.0 Å². The minimum Gasteiger partial charge on any atom is -0.493 e. The van der Waals surface area contributed by atoms with Gasteiger partial charge >= 0.3 is 143 Å². The quantitative estimate of drug-likeness (QED) is 0.0376. The van der Waals surface area contributed by atoms with Gasteiger partial charge in [-0.15, -0.1) is 0 Å². The predicted molar refractivity (Wildman–Crippen MR) is 296 cm³/mol. The maximum atomic E-state index is 15.4. The number of hydrogen-bond acceptors (Lipinski definition) is 4. The highest BCUT2D eigenvalue weighted by Gasteiger charge is 3.02. The van der Waals surface area contributed by atoms with Crippen LogP contribution in [0.4, 0.5) is 220 Å². The monoisotopic (exact) mass is 1810 g/mol. The second kappa shape index (κ2) is 35.0. The minimum atomic E-state index is -10.0. The molecule has 0 aliphatic rings. The van der Waals surface area contributed by atoms with Gasteiger partial charge in [-0.2, -0.15) is 220 Å². The van der Waals surface area contributed by atoms with E-state index >= 15 is 52.7 Å². The normalized spacial score (nSPS) is 15.2. The molecule has 0 heterocycles. The van der Waals surface area contributed by atoms with Gasteiger partial charge in [0.05, 0.1) is 13.2 Å². The number of benzene rings is 2. The van der Waals surface area contributed by atoms with Crippen molar-refractivity contribution in [3.63, 3.8) is 0 Å². The number of alkyl halides is 50. The fourth-order valence-electron chi connectivity index (χ4n) is 9.58. The highest BCUT2D eigenvalue weighted by atomic mass is 19.5. The van der Waals surface area contributed by atoms with Gasteiger partial charge in [0.15, 0.2) is 0 Å². The first-order chi connectivity index (χ1) is 51.5. The van der Waals surface area contributed by atoms with E-state index in [-0.39, 0.29) is 62.8 Å². The van der Waals surface area contributed by atoms with Gasteiger partial charge in [0.2, 0.25) is 0 Å². The highest BCUT2D eigenvalue weighted by molar-refractivity contribution is 5.52. The van der Waals surface area contributed by atoms with Gasteiger partial charge in [-0.1, -0.05) is 141 Å². The molecule has 0 unspecified atom stereocenters. The van der Waals surface area contributed by atoms with Gasteiger partial charge in [-0.25, -0.2) is 0 Å². The van der Waals surface area contributed by atoms with Crippen molar-refractivity contribution in [1.82, 2.24) is 0 Å². The SMILES string of the molecule is CCCCCCCCCCCCOc1cc(C#Cc2cc(OCCCCCCCCCCCC)cc(OC(F)(F)C(F)(F)C(F)(F)C(F)(F)C(F)(F)C(F)(F)C(F)(F)C(F)(F)C(F)(F)C(F)(F)C(F)(F)C(F)(F)F)c2)cc(OC(F)(F)C(F)(F)C(F)(F)C(F)(F)C(F)(F)C(F)(F)C(F)(F)C(F)(F)C(F)(F)C(F)(F)C(F)(F)C(F)(F)F)c1. The first kappa shape index (κ1) is 106.